The molecule has 0 bridgehead atoms. The Balaban J connectivity index is 1.48. The van der Waals surface area contributed by atoms with E-state index in [4.69, 9.17) is 4.74 Å². The lowest BCUT2D eigenvalue weighted by atomic mass is 9.81. The Hall–Kier alpha value is -3.61. The molecular formula is C37H44F6N2O5. The Bertz CT molecular complexity index is 1440. The molecule has 2 saturated carbocycles. The second-order valence-electron chi connectivity index (χ2n) is 13.9. The average Bonchev–Trinajstić information content (AvgIpc) is 3.08. The summed E-state index contributed by atoms with van der Waals surface area (Å²) in [5.74, 6) is -2.79. The van der Waals surface area contributed by atoms with Gasteiger partial charge in [-0.25, -0.2) is 0 Å². The molecule has 1 saturated heterocycles. The first-order valence-electron chi connectivity index (χ1n) is 17.5. The molecule has 274 valence electrons. The summed E-state index contributed by atoms with van der Waals surface area (Å²) in [5.41, 5.74) is -3.11. The molecule has 0 spiro atoms. The van der Waals surface area contributed by atoms with Crippen molar-refractivity contribution in [1.29, 1.82) is 0 Å². The van der Waals surface area contributed by atoms with Crippen molar-refractivity contribution in [2.75, 3.05) is 13.1 Å². The van der Waals surface area contributed by atoms with Crippen molar-refractivity contribution in [1.82, 2.24) is 9.80 Å². The first-order valence-corrected chi connectivity index (χ1v) is 17.5. The minimum absolute atomic E-state index is 0.00789. The Labute approximate surface area is 287 Å². The van der Waals surface area contributed by atoms with Gasteiger partial charge in [-0.2, -0.15) is 26.3 Å². The fraction of sp³-hybridized carbons (Fsp3) is 0.595. The molecule has 5 rings (SSSR count). The third kappa shape index (κ3) is 9.58. The van der Waals surface area contributed by atoms with Gasteiger partial charge in [-0.1, -0.05) is 56.0 Å². The van der Waals surface area contributed by atoms with Crippen LogP contribution in [0.15, 0.2) is 48.5 Å². The molecule has 0 radical (unpaired) electrons. The molecule has 13 heteroatoms. The number of esters is 1. The molecule has 2 aromatic rings. The highest BCUT2D eigenvalue weighted by Gasteiger charge is 2.44. The van der Waals surface area contributed by atoms with Crippen molar-refractivity contribution in [2.45, 2.75) is 120 Å². The number of amides is 1. The number of likely N-dealkylation sites (tertiary alicyclic amines) is 1. The zero-order valence-electron chi connectivity index (χ0n) is 27.9. The van der Waals surface area contributed by atoms with Gasteiger partial charge in [0, 0.05) is 24.2 Å². The molecule has 1 N–H and O–H groups in total. The van der Waals surface area contributed by atoms with Gasteiger partial charge in [-0.15, -0.1) is 0 Å². The van der Waals surface area contributed by atoms with Crippen molar-refractivity contribution >= 4 is 17.8 Å². The summed E-state index contributed by atoms with van der Waals surface area (Å²) in [6.45, 7) is -0.340. The number of hydrogen-bond acceptors (Lipinski definition) is 5. The number of nitrogens with zero attached hydrogens (tertiary/aromatic N) is 2. The Morgan fingerprint density at radius 1 is 0.820 bits per heavy atom. The van der Waals surface area contributed by atoms with Crippen LogP contribution in [0.1, 0.15) is 104 Å². The molecule has 2 unspecified atom stereocenters. The summed E-state index contributed by atoms with van der Waals surface area (Å²) in [6, 6.07) is 7.59. The second-order valence-corrected chi connectivity index (χ2v) is 13.9. The quantitative estimate of drug-likeness (QED) is 0.198. The van der Waals surface area contributed by atoms with Crippen molar-refractivity contribution in [3.8, 4) is 0 Å². The summed E-state index contributed by atoms with van der Waals surface area (Å²) in [4.78, 5) is 43.3. The van der Waals surface area contributed by atoms with Crippen LogP contribution in [-0.4, -0.2) is 70.1 Å². The predicted octanol–water partition coefficient (Wildman–Crippen LogP) is 8.15. The smallest absolute Gasteiger partial charge is 0.416 e. The fourth-order valence-corrected chi connectivity index (χ4v) is 8.00. The molecule has 7 nitrogen and oxygen atoms in total. The first kappa shape index (κ1) is 37.6. The third-order valence-corrected chi connectivity index (χ3v) is 10.4. The number of benzene rings is 2. The molecule has 1 aliphatic heterocycles. The monoisotopic (exact) mass is 710 g/mol. The molecule has 2 aromatic carbocycles. The number of carboxylic acid groups (broad SMARTS) is 1. The minimum Gasteiger partial charge on any atom is -0.480 e. The van der Waals surface area contributed by atoms with Gasteiger partial charge < -0.3 is 14.7 Å². The van der Waals surface area contributed by atoms with Crippen LogP contribution in [-0.2, 0) is 33.1 Å². The lowest BCUT2D eigenvalue weighted by molar-refractivity contribution is -0.158. The summed E-state index contributed by atoms with van der Waals surface area (Å²) >= 11 is 0. The molecule has 1 amide bonds. The lowest BCUT2D eigenvalue weighted by Gasteiger charge is -2.46. The number of carbonyl (C=O) groups is 3. The maximum Gasteiger partial charge on any atom is 0.416 e. The zero-order valence-corrected chi connectivity index (χ0v) is 27.9. The second kappa shape index (κ2) is 16.2. The highest BCUT2D eigenvalue weighted by Crippen LogP contribution is 2.38. The first-order chi connectivity index (χ1) is 23.7. The normalized spacial score (nSPS) is 21.9. The number of alkyl halides is 6. The van der Waals surface area contributed by atoms with E-state index in [9.17, 15) is 45.8 Å². The van der Waals surface area contributed by atoms with E-state index in [2.05, 4.69) is 0 Å². The summed E-state index contributed by atoms with van der Waals surface area (Å²) in [7, 11) is 0. The van der Waals surface area contributed by atoms with Gasteiger partial charge in [-0.3, -0.25) is 19.3 Å². The van der Waals surface area contributed by atoms with Crippen LogP contribution < -0.4 is 0 Å². The molecule has 3 atom stereocenters. The van der Waals surface area contributed by atoms with E-state index in [0.717, 1.165) is 56.9 Å². The Morgan fingerprint density at radius 2 is 1.40 bits per heavy atom. The SMILES string of the molecule is O=C(CN(C1CCN(C(=O)c2cc(C(F)(F)F)cc(C(F)(F)F)c2)C(Cc2ccccc2)C1)[C@H](C(=O)O)C1CCCCC1)OC1CCCCC1. The van der Waals surface area contributed by atoms with E-state index in [1.54, 1.807) is 35.2 Å². The van der Waals surface area contributed by atoms with Gasteiger partial charge in [0.1, 0.15) is 12.1 Å². The van der Waals surface area contributed by atoms with E-state index in [-0.39, 0.29) is 50.4 Å². The van der Waals surface area contributed by atoms with Gasteiger partial charge in [0.05, 0.1) is 17.7 Å². The third-order valence-electron chi connectivity index (χ3n) is 10.4. The number of halogens is 6. The number of aliphatic carboxylic acids is 1. The average molecular weight is 711 g/mol. The molecule has 3 fully saturated rings. The molecule has 2 aliphatic carbocycles. The topological polar surface area (TPSA) is 87.2 Å². The molecule has 50 heavy (non-hydrogen) atoms. The van der Waals surface area contributed by atoms with Gasteiger partial charge in [0.2, 0.25) is 0 Å². The number of carbonyl (C=O) groups excluding carboxylic acids is 2. The van der Waals surface area contributed by atoms with Crippen LogP contribution in [0.2, 0.25) is 0 Å². The number of piperidine rings is 1. The van der Waals surface area contributed by atoms with Crippen LogP contribution in [0.25, 0.3) is 0 Å². The molecule has 0 aromatic heterocycles. The highest BCUT2D eigenvalue weighted by atomic mass is 19.4. The van der Waals surface area contributed by atoms with Crippen molar-refractivity contribution < 1.29 is 50.6 Å². The summed E-state index contributed by atoms with van der Waals surface area (Å²) in [5, 5.41) is 10.6. The molecular weight excluding hydrogens is 666 g/mol. The van der Waals surface area contributed by atoms with E-state index < -0.39 is 65.0 Å². The maximum absolute atomic E-state index is 13.9. The van der Waals surface area contributed by atoms with Gasteiger partial charge in [-0.05, 0) is 87.5 Å². The fourth-order valence-electron chi connectivity index (χ4n) is 8.00. The van der Waals surface area contributed by atoms with E-state index >= 15 is 0 Å². The number of ether oxygens (including phenoxy) is 1. The van der Waals surface area contributed by atoms with Crippen molar-refractivity contribution in [3.05, 3.63) is 70.8 Å². The van der Waals surface area contributed by atoms with Crippen LogP contribution >= 0.6 is 0 Å². The van der Waals surface area contributed by atoms with E-state index in [1.165, 1.54) is 4.90 Å². The summed E-state index contributed by atoms with van der Waals surface area (Å²) in [6.07, 6.45) is -1.50. The maximum atomic E-state index is 13.9. The van der Waals surface area contributed by atoms with Gasteiger partial charge in [0.25, 0.3) is 5.91 Å². The zero-order chi connectivity index (χ0) is 36.1. The lowest BCUT2D eigenvalue weighted by Crippen LogP contribution is -2.59. The minimum atomic E-state index is -5.12. The van der Waals surface area contributed by atoms with Crippen LogP contribution in [0.5, 0.6) is 0 Å². The van der Waals surface area contributed by atoms with Crippen LogP contribution in [0.4, 0.5) is 26.3 Å². The summed E-state index contributed by atoms with van der Waals surface area (Å²) < 4.78 is 88.1. The van der Waals surface area contributed by atoms with Gasteiger partial charge in [0.15, 0.2) is 0 Å². The van der Waals surface area contributed by atoms with Gasteiger partial charge >= 0.3 is 24.3 Å². The number of carboxylic acids is 1. The largest absolute Gasteiger partial charge is 0.480 e. The van der Waals surface area contributed by atoms with Crippen molar-refractivity contribution in [3.63, 3.8) is 0 Å². The van der Waals surface area contributed by atoms with Crippen molar-refractivity contribution in [2.24, 2.45) is 5.92 Å². The van der Waals surface area contributed by atoms with Crippen LogP contribution in [0, 0.1) is 5.92 Å². The predicted molar refractivity (Wildman–Crippen MR) is 172 cm³/mol. The molecule has 1 heterocycles. The highest BCUT2D eigenvalue weighted by molar-refractivity contribution is 5.95. The van der Waals surface area contributed by atoms with E-state index in [1.807, 2.05) is 0 Å². The van der Waals surface area contributed by atoms with Crippen LogP contribution in [0.3, 0.4) is 0 Å². The number of hydrogen-bond donors (Lipinski definition) is 1. The molecule has 3 aliphatic rings. The Kier molecular flexibility index (Phi) is 12.2. The van der Waals surface area contributed by atoms with E-state index in [0.29, 0.717) is 25.0 Å². The Morgan fingerprint density at radius 3 is 1.96 bits per heavy atom. The standard InChI is InChI=1S/C37H44F6N2O5/c38-36(39,40)27-19-26(20-28(21-27)37(41,42)43)34(47)44-17-16-29(22-30(44)18-24-10-4-1-5-11-24)45(23-32(46)50-31-14-8-3-9-15-31)33(35(48)49)25-12-6-2-7-13-25/h1,4-5,10-11,19-21,25,29-31,33H,2-3,6-9,12-18,22-23H2,(H,48,49)/t29?,30?,33-/m0/s1. The number of rotatable bonds is 10.